The Labute approximate surface area is 112 Å². The molecule has 2 aromatic rings. The fourth-order valence-electron chi connectivity index (χ4n) is 2.35. The first-order valence-corrected chi connectivity index (χ1v) is 6.45. The number of nitrogens with two attached hydrogens (primary N) is 1. The van der Waals surface area contributed by atoms with E-state index in [0.29, 0.717) is 17.2 Å². The molecule has 0 saturated heterocycles. The summed E-state index contributed by atoms with van der Waals surface area (Å²) in [7, 11) is 0. The van der Waals surface area contributed by atoms with Crippen molar-refractivity contribution >= 4 is 11.6 Å². The molecule has 2 unspecified atom stereocenters. The zero-order valence-electron chi connectivity index (χ0n) is 10.5. The highest BCUT2D eigenvalue weighted by molar-refractivity contribution is 5.95. The van der Waals surface area contributed by atoms with Crippen LogP contribution in [0.25, 0.3) is 0 Å². The average molecular weight is 252 g/mol. The van der Waals surface area contributed by atoms with Crippen LogP contribution >= 0.6 is 0 Å². The normalized spacial score (nSPS) is 20.8. The molecule has 0 heterocycles. The average Bonchev–Trinajstić information content (AvgIpc) is 3.19. The minimum atomic E-state index is -0.0456. The molecule has 0 bridgehead atoms. The molecule has 3 heteroatoms. The minimum absolute atomic E-state index is 0.0456. The number of benzene rings is 2. The Morgan fingerprint density at radius 1 is 1.11 bits per heavy atom. The SMILES string of the molecule is Nc1cccc(C(=O)NC2CC2c2ccccc2)c1. The van der Waals surface area contributed by atoms with Crippen LogP contribution in [0.5, 0.6) is 0 Å². The monoisotopic (exact) mass is 252 g/mol. The lowest BCUT2D eigenvalue weighted by Gasteiger charge is -2.05. The lowest BCUT2D eigenvalue weighted by molar-refractivity contribution is 0.0950. The first kappa shape index (κ1) is 11.8. The van der Waals surface area contributed by atoms with Gasteiger partial charge in [0.2, 0.25) is 0 Å². The summed E-state index contributed by atoms with van der Waals surface area (Å²) in [5.41, 5.74) is 8.21. The number of hydrogen-bond donors (Lipinski definition) is 2. The molecule has 3 rings (SSSR count). The molecule has 1 amide bonds. The smallest absolute Gasteiger partial charge is 0.251 e. The largest absolute Gasteiger partial charge is 0.399 e. The van der Waals surface area contributed by atoms with Crippen LogP contribution in [0, 0.1) is 0 Å². The predicted octanol–water partition coefficient (Wildman–Crippen LogP) is 2.55. The number of rotatable bonds is 3. The molecule has 1 aliphatic carbocycles. The Morgan fingerprint density at radius 3 is 2.63 bits per heavy atom. The Bertz CT molecular complexity index is 595. The molecule has 0 aromatic heterocycles. The zero-order chi connectivity index (χ0) is 13.2. The molecular weight excluding hydrogens is 236 g/mol. The summed E-state index contributed by atoms with van der Waals surface area (Å²) in [4.78, 5) is 12.1. The third-order valence-corrected chi connectivity index (χ3v) is 3.48. The van der Waals surface area contributed by atoms with Crippen LogP contribution in [-0.4, -0.2) is 11.9 Å². The van der Waals surface area contributed by atoms with Gasteiger partial charge in [0, 0.05) is 23.2 Å². The maximum absolute atomic E-state index is 12.1. The second-order valence-electron chi connectivity index (χ2n) is 4.96. The van der Waals surface area contributed by atoms with Crippen LogP contribution < -0.4 is 11.1 Å². The summed E-state index contributed by atoms with van der Waals surface area (Å²) in [6, 6.07) is 17.6. The molecule has 1 fully saturated rings. The van der Waals surface area contributed by atoms with Gasteiger partial charge in [0.15, 0.2) is 0 Å². The fraction of sp³-hybridized carbons (Fsp3) is 0.188. The molecule has 0 radical (unpaired) electrons. The Hall–Kier alpha value is -2.29. The van der Waals surface area contributed by atoms with Crippen molar-refractivity contribution in [1.29, 1.82) is 0 Å². The van der Waals surface area contributed by atoms with Gasteiger partial charge in [-0.05, 0) is 30.2 Å². The second-order valence-corrected chi connectivity index (χ2v) is 4.96. The number of amides is 1. The maximum atomic E-state index is 12.1. The van der Waals surface area contributed by atoms with Gasteiger partial charge in [-0.3, -0.25) is 4.79 Å². The van der Waals surface area contributed by atoms with Gasteiger partial charge < -0.3 is 11.1 Å². The molecule has 1 aliphatic rings. The summed E-state index contributed by atoms with van der Waals surface area (Å²) < 4.78 is 0. The molecule has 0 aliphatic heterocycles. The summed E-state index contributed by atoms with van der Waals surface area (Å²) >= 11 is 0. The van der Waals surface area contributed by atoms with E-state index in [2.05, 4.69) is 17.4 Å². The lowest BCUT2D eigenvalue weighted by atomic mass is 10.1. The number of carbonyl (C=O) groups excluding carboxylic acids is 1. The van der Waals surface area contributed by atoms with Gasteiger partial charge >= 0.3 is 0 Å². The van der Waals surface area contributed by atoms with Crippen LogP contribution in [-0.2, 0) is 0 Å². The molecule has 3 nitrogen and oxygen atoms in total. The van der Waals surface area contributed by atoms with E-state index in [9.17, 15) is 4.79 Å². The summed E-state index contributed by atoms with van der Waals surface area (Å²) in [6.07, 6.45) is 1.01. The van der Waals surface area contributed by atoms with Crippen molar-refractivity contribution in [3.63, 3.8) is 0 Å². The van der Waals surface area contributed by atoms with Crippen molar-refractivity contribution in [2.24, 2.45) is 0 Å². The number of nitrogen functional groups attached to an aromatic ring is 1. The number of hydrogen-bond acceptors (Lipinski definition) is 2. The van der Waals surface area contributed by atoms with Gasteiger partial charge in [0.25, 0.3) is 5.91 Å². The first-order valence-electron chi connectivity index (χ1n) is 6.45. The number of anilines is 1. The molecule has 1 saturated carbocycles. The van der Waals surface area contributed by atoms with Crippen LogP contribution in [0.4, 0.5) is 5.69 Å². The van der Waals surface area contributed by atoms with Gasteiger partial charge in [-0.25, -0.2) is 0 Å². The van der Waals surface area contributed by atoms with E-state index < -0.39 is 0 Å². The summed E-state index contributed by atoms with van der Waals surface area (Å²) in [6.45, 7) is 0. The Kier molecular flexibility index (Phi) is 2.95. The van der Waals surface area contributed by atoms with E-state index in [0.717, 1.165) is 6.42 Å². The van der Waals surface area contributed by atoms with Gasteiger partial charge in [-0.1, -0.05) is 36.4 Å². The standard InChI is InChI=1S/C16H16N2O/c17-13-8-4-7-12(9-13)16(19)18-15-10-14(15)11-5-2-1-3-6-11/h1-9,14-15H,10,17H2,(H,18,19). The highest BCUT2D eigenvalue weighted by Gasteiger charge is 2.39. The zero-order valence-corrected chi connectivity index (χ0v) is 10.5. The minimum Gasteiger partial charge on any atom is -0.399 e. The third kappa shape index (κ3) is 2.60. The Morgan fingerprint density at radius 2 is 1.89 bits per heavy atom. The number of nitrogens with one attached hydrogen (secondary N) is 1. The van der Waals surface area contributed by atoms with Crippen LogP contribution in [0.15, 0.2) is 54.6 Å². The van der Waals surface area contributed by atoms with E-state index >= 15 is 0 Å². The van der Waals surface area contributed by atoms with Gasteiger partial charge in [0.1, 0.15) is 0 Å². The van der Waals surface area contributed by atoms with Gasteiger partial charge in [-0.2, -0.15) is 0 Å². The predicted molar refractivity (Wildman–Crippen MR) is 75.9 cm³/mol. The van der Waals surface area contributed by atoms with E-state index in [1.54, 1.807) is 24.3 Å². The van der Waals surface area contributed by atoms with Crippen LogP contribution in [0.3, 0.4) is 0 Å². The van der Waals surface area contributed by atoms with Crippen molar-refractivity contribution in [1.82, 2.24) is 5.32 Å². The fourth-order valence-corrected chi connectivity index (χ4v) is 2.35. The lowest BCUT2D eigenvalue weighted by Crippen LogP contribution is -2.26. The third-order valence-electron chi connectivity index (χ3n) is 3.48. The highest BCUT2D eigenvalue weighted by Crippen LogP contribution is 2.40. The molecule has 96 valence electrons. The van der Waals surface area contributed by atoms with E-state index in [-0.39, 0.29) is 11.9 Å². The summed E-state index contributed by atoms with van der Waals surface area (Å²) in [5.74, 6) is 0.405. The van der Waals surface area contributed by atoms with Crippen molar-refractivity contribution in [3.05, 3.63) is 65.7 Å². The molecular formula is C16H16N2O. The van der Waals surface area contributed by atoms with Crippen molar-refractivity contribution in [2.45, 2.75) is 18.4 Å². The van der Waals surface area contributed by atoms with E-state index in [4.69, 9.17) is 5.73 Å². The van der Waals surface area contributed by atoms with Gasteiger partial charge in [-0.15, -0.1) is 0 Å². The van der Waals surface area contributed by atoms with Crippen molar-refractivity contribution in [3.8, 4) is 0 Å². The highest BCUT2D eigenvalue weighted by atomic mass is 16.1. The van der Waals surface area contributed by atoms with E-state index in [1.807, 2.05) is 18.2 Å². The molecule has 2 atom stereocenters. The molecule has 0 spiro atoms. The van der Waals surface area contributed by atoms with Gasteiger partial charge in [0.05, 0.1) is 0 Å². The Balaban J connectivity index is 1.64. The molecule has 19 heavy (non-hydrogen) atoms. The van der Waals surface area contributed by atoms with Crippen molar-refractivity contribution in [2.75, 3.05) is 5.73 Å². The van der Waals surface area contributed by atoms with E-state index in [1.165, 1.54) is 5.56 Å². The molecule has 3 N–H and O–H groups in total. The second kappa shape index (κ2) is 4.76. The van der Waals surface area contributed by atoms with Crippen molar-refractivity contribution < 1.29 is 4.79 Å². The van der Waals surface area contributed by atoms with Crippen LogP contribution in [0.2, 0.25) is 0 Å². The topological polar surface area (TPSA) is 55.1 Å². The number of carbonyl (C=O) groups is 1. The van der Waals surface area contributed by atoms with Crippen LogP contribution in [0.1, 0.15) is 28.3 Å². The first-order chi connectivity index (χ1) is 9.24. The molecule has 2 aromatic carbocycles. The quantitative estimate of drug-likeness (QED) is 0.825. The summed E-state index contributed by atoms with van der Waals surface area (Å²) in [5, 5.41) is 3.05. The maximum Gasteiger partial charge on any atom is 0.251 e.